The van der Waals surface area contributed by atoms with Crippen LogP contribution in [0.15, 0.2) is 18.2 Å². The smallest absolute Gasteiger partial charge is 0.238 e. The van der Waals surface area contributed by atoms with E-state index >= 15 is 0 Å². The Bertz CT molecular complexity index is 479. The van der Waals surface area contributed by atoms with Crippen LogP contribution in [0.4, 0.5) is 11.4 Å². The molecule has 0 bridgehead atoms. The van der Waals surface area contributed by atoms with E-state index in [1.54, 1.807) is 25.3 Å². The number of rotatable bonds is 4. The van der Waals surface area contributed by atoms with E-state index in [0.29, 0.717) is 36.9 Å². The lowest BCUT2D eigenvalue weighted by molar-refractivity contribution is -0.119. The SMILES string of the molecule is COc1cc(N)ccc1NC(=O)CN1CCOCC1C. The molecule has 3 N–H and O–H groups in total. The highest BCUT2D eigenvalue weighted by Gasteiger charge is 2.21. The zero-order valence-electron chi connectivity index (χ0n) is 11.9. The Morgan fingerprint density at radius 2 is 2.40 bits per heavy atom. The fourth-order valence-corrected chi connectivity index (χ4v) is 2.18. The third-order valence-electron chi connectivity index (χ3n) is 3.35. The van der Waals surface area contributed by atoms with Crippen molar-refractivity contribution in [1.29, 1.82) is 0 Å². The van der Waals surface area contributed by atoms with Crippen molar-refractivity contribution in [3.63, 3.8) is 0 Å². The van der Waals surface area contributed by atoms with E-state index in [4.69, 9.17) is 15.2 Å². The molecular weight excluding hydrogens is 258 g/mol. The summed E-state index contributed by atoms with van der Waals surface area (Å²) in [6, 6.07) is 5.42. The van der Waals surface area contributed by atoms with Crippen LogP contribution in [0.1, 0.15) is 6.92 Å². The van der Waals surface area contributed by atoms with Gasteiger partial charge in [0.2, 0.25) is 5.91 Å². The summed E-state index contributed by atoms with van der Waals surface area (Å²) in [6.07, 6.45) is 0. The molecule has 1 saturated heterocycles. The molecule has 6 nitrogen and oxygen atoms in total. The predicted molar refractivity (Wildman–Crippen MR) is 77.9 cm³/mol. The highest BCUT2D eigenvalue weighted by Crippen LogP contribution is 2.26. The molecule has 1 aromatic rings. The van der Waals surface area contributed by atoms with Gasteiger partial charge in [0.15, 0.2) is 0 Å². The first kappa shape index (κ1) is 14.6. The minimum atomic E-state index is -0.0678. The van der Waals surface area contributed by atoms with Gasteiger partial charge in [0.1, 0.15) is 5.75 Å². The number of hydrogen-bond acceptors (Lipinski definition) is 5. The molecule has 1 heterocycles. The number of ether oxygens (including phenoxy) is 2. The maximum Gasteiger partial charge on any atom is 0.238 e. The van der Waals surface area contributed by atoms with Gasteiger partial charge >= 0.3 is 0 Å². The van der Waals surface area contributed by atoms with Crippen LogP contribution in [0.25, 0.3) is 0 Å². The Balaban J connectivity index is 1.97. The lowest BCUT2D eigenvalue weighted by atomic mass is 10.2. The number of morpholine rings is 1. The number of carbonyl (C=O) groups is 1. The number of hydrogen-bond donors (Lipinski definition) is 2. The lowest BCUT2D eigenvalue weighted by Gasteiger charge is -2.32. The second-order valence-electron chi connectivity index (χ2n) is 4.90. The van der Waals surface area contributed by atoms with Gasteiger partial charge in [-0.1, -0.05) is 0 Å². The molecule has 0 aromatic heterocycles. The lowest BCUT2D eigenvalue weighted by Crippen LogP contribution is -2.47. The van der Waals surface area contributed by atoms with Gasteiger partial charge in [-0.05, 0) is 19.1 Å². The number of methoxy groups -OCH3 is 1. The van der Waals surface area contributed by atoms with E-state index in [9.17, 15) is 4.79 Å². The largest absolute Gasteiger partial charge is 0.494 e. The minimum absolute atomic E-state index is 0.0678. The maximum atomic E-state index is 12.1. The van der Waals surface area contributed by atoms with E-state index in [2.05, 4.69) is 17.1 Å². The standard InChI is InChI=1S/C14H21N3O3/c1-10-9-20-6-5-17(10)8-14(18)16-12-4-3-11(15)7-13(12)19-2/h3-4,7,10H,5-6,8-9,15H2,1-2H3,(H,16,18). The fourth-order valence-electron chi connectivity index (χ4n) is 2.18. The van der Waals surface area contributed by atoms with Crippen molar-refractivity contribution in [2.24, 2.45) is 0 Å². The third-order valence-corrected chi connectivity index (χ3v) is 3.35. The normalized spacial score (nSPS) is 19.6. The van der Waals surface area contributed by atoms with Gasteiger partial charge in [0, 0.05) is 24.3 Å². The molecule has 0 aliphatic carbocycles. The second kappa shape index (κ2) is 6.58. The van der Waals surface area contributed by atoms with Gasteiger partial charge in [-0.15, -0.1) is 0 Å². The van der Waals surface area contributed by atoms with Gasteiger partial charge in [0.05, 0.1) is 32.6 Å². The van der Waals surface area contributed by atoms with Crippen molar-refractivity contribution in [2.75, 3.05) is 44.5 Å². The molecular formula is C14H21N3O3. The highest BCUT2D eigenvalue weighted by molar-refractivity contribution is 5.94. The van der Waals surface area contributed by atoms with E-state index < -0.39 is 0 Å². The number of anilines is 2. The maximum absolute atomic E-state index is 12.1. The molecule has 20 heavy (non-hydrogen) atoms. The number of nitrogen functional groups attached to an aromatic ring is 1. The predicted octanol–water partition coefficient (Wildman–Crippen LogP) is 0.937. The third kappa shape index (κ3) is 3.61. The first-order chi connectivity index (χ1) is 9.60. The number of carbonyl (C=O) groups excluding carboxylic acids is 1. The molecule has 1 aliphatic rings. The van der Waals surface area contributed by atoms with Crippen molar-refractivity contribution >= 4 is 17.3 Å². The number of benzene rings is 1. The van der Waals surface area contributed by atoms with Crippen LogP contribution in [0.5, 0.6) is 5.75 Å². The van der Waals surface area contributed by atoms with Gasteiger partial charge in [0.25, 0.3) is 0 Å². The van der Waals surface area contributed by atoms with Gasteiger partial charge in [-0.25, -0.2) is 0 Å². The summed E-state index contributed by atoms with van der Waals surface area (Å²) in [5.74, 6) is 0.496. The van der Waals surface area contributed by atoms with Crippen molar-refractivity contribution in [3.8, 4) is 5.75 Å². The number of nitrogens with two attached hydrogens (primary N) is 1. The molecule has 1 fully saturated rings. The van der Waals surface area contributed by atoms with E-state index in [-0.39, 0.29) is 11.9 Å². The number of amides is 1. The van der Waals surface area contributed by atoms with Crippen LogP contribution in [-0.2, 0) is 9.53 Å². The Morgan fingerprint density at radius 3 is 3.10 bits per heavy atom. The molecule has 0 radical (unpaired) electrons. The summed E-state index contributed by atoms with van der Waals surface area (Å²) in [6.45, 7) is 4.50. The Kier molecular flexibility index (Phi) is 4.81. The first-order valence-electron chi connectivity index (χ1n) is 6.65. The highest BCUT2D eigenvalue weighted by atomic mass is 16.5. The van der Waals surface area contributed by atoms with Crippen molar-refractivity contribution in [1.82, 2.24) is 4.90 Å². The number of nitrogens with one attached hydrogen (secondary N) is 1. The van der Waals surface area contributed by atoms with E-state index in [1.165, 1.54) is 0 Å². The summed E-state index contributed by atoms with van der Waals surface area (Å²) in [5.41, 5.74) is 6.92. The van der Waals surface area contributed by atoms with Crippen LogP contribution in [0, 0.1) is 0 Å². The molecule has 0 spiro atoms. The fraction of sp³-hybridized carbons (Fsp3) is 0.500. The Hall–Kier alpha value is -1.79. The van der Waals surface area contributed by atoms with Crippen LogP contribution < -0.4 is 15.8 Å². The molecule has 1 atom stereocenters. The van der Waals surface area contributed by atoms with Crippen LogP contribution in [0.2, 0.25) is 0 Å². The summed E-state index contributed by atoms with van der Waals surface area (Å²) in [7, 11) is 1.55. The molecule has 2 rings (SSSR count). The van der Waals surface area contributed by atoms with Crippen molar-refractivity contribution < 1.29 is 14.3 Å². The molecule has 0 saturated carbocycles. The zero-order valence-corrected chi connectivity index (χ0v) is 11.9. The van der Waals surface area contributed by atoms with E-state index in [0.717, 1.165) is 6.54 Å². The average Bonchev–Trinajstić information content (AvgIpc) is 2.43. The average molecular weight is 279 g/mol. The van der Waals surface area contributed by atoms with Gasteiger partial charge in [-0.3, -0.25) is 9.69 Å². The van der Waals surface area contributed by atoms with Crippen molar-refractivity contribution in [2.45, 2.75) is 13.0 Å². The Labute approximate surface area is 118 Å². The summed E-state index contributed by atoms with van der Waals surface area (Å²) >= 11 is 0. The summed E-state index contributed by atoms with van der Waals surface area (Å²) in [5, 5.41) is 2.85. The second-order valence-corrected chi connectivity index (χ2v) is 4.90. The van der Waals surface area contributed by atoms with E-state index in [1.807, 2.05) is 0 Å². The molecule has 1 amide bonds. The topological polar surface area (TPSA) is 76.8 Å². The quantitative estimate of drug-likeness (QED) is 0.802. The zero-order chi connectivity index (χ0) is 14.5. The molecule has 1 aliphatic heterocycles. The molecule has 1 unspecified atom stereocenters. The molecule has 110 valence electrons. The van der Waals surface area contributed by atoms with Gasteiger partial charge in [-0.2, -0.15) is 0 Å². The molecule has 1 aromatic carbocycles. The summed E-state index contributed by atoms with van der Waals surface area (Å²) in [4.78, 5) is 14.2. The Morgan fingerprint density at radius 1 is 1.60 bits per heavy atom. The molecule has 6 heteroatoms. The van der Waals surface area contributed by atoms with Crippen LogP contribution >= 0.6 is 0 Å². The summed E-state index contributed by atoms with van der Waals surface area (Å²) < 4.78 is 10.6. The van der Waals surface area contributed by atoms with Crippen LogP contribution in [-0.4, -0.2) is 50.3 Å². The van der Waals surface area contributed by atoms with Gasteiger partial charge < -0.3 is 20.5 Å². The van der Waals surface area contributed by atoms with Crippen molar-refractivity contribution in [3.05, 3.63) is 18.2 Å². The first-order valence-corrected chi connectivity index (χ1v) is 6.65. The monoisotopic (exact) mass is 279 g/mol. The van der Waals surface area contributed by atoms with Crippen LogP contribution in [0.3, 0.4) is 0 Å². The minimum Gasteiger partial charge on any atom is -0.494 e. The number of nitrogens with zero attached hydrogens (tertiary/aromatic N) is 1.